The Bertz CT molecular complexity index is 71.3. The summed E-state index contributed by atoms with van der Waals surface area (Å²) in [5, 5.41) is 0. The molecule has 0 aliphatic rings. The van der Waals surface area contributed by atoms with Crippen molar-refractivity contribution in [2.24, 2.45) is 5.73 Å². The summed E-state index contributed by atoms with van der Waals surface area (Å²) >= 11 is 0. The number of nitrogens with two attached hydrogens (primary N) is 1. The zero-order chi connectivity index (χ0) is 6.62. The average molecular weight is 258 g/mol. The molecule has 0 rings (SSSR count). The maximum absolute atomic E-state index is 8.34. The van der Waals surface area contributed by atoms with Crippen LogP contribution in [0.25, 0.3) is 0 Å². The van der Waals surface area contributed by atoms with E-state index in [4.69, 9.17) is 20.1 Å². The third-order valence-electron chi connectivity index (χ3n) is 0.716. The van der Waals surface area contributed by atoms with Crippen LogP contribution in [0.4, 0.5) is 0 Å². The van der Waals surface area contributed by atoms with Gasteiger partial charge in [-0.25, -0.2) is 0 Å². The van der Waals surface area contributed by atoms with Gasteiger partial charge in [-0.15, -0.1) is 0 Å². The first-order valence-corrected chi connectivity index (χ1v) is 4.48. The van der Waals surface area contributed by atoms with Crippen molar-refractivity contribution in [3.8, 4) is 0 Å². The number of hydrogen-bond acceptors (Lipinski definition) is 4. The van der Waals surface area contributed by atoms with Crippen molar-refractivity contribution in [1.29, 1.82) is 0 Å². The van der Waals surface area contributed by atoms with Crippen LogP contribution in [0.2, 0.25) is 6.04 Å². The van der Waals surface area contributed by atoms with Gasteiger partial charge in [-0.3, -0.25) is 0 Å². The van der Waals surface area contributed by atoms with E-state index in [0.29, 0.717) is 13.0 Å². The van der Waals surface area contributed by atoms with Gasteiger partial charge >= 0.3 is 163 Å². The summed E-state index contributed by atoms with van der Waals surface area (Å²) in [7, 11) is -3.76. The summed E-state index contributed by atoms with van der Waals surface area (Å²) in [6.45, 7) is 0.385. The van der Waals surface area contributed by atoms with Crippen LogP contribution in [0.5, 0.6) is 0 Å². The molecule has 0 atom stereocenters. The van der Waals surface area contributed by atoms with Crippen molar-refractivity contribution in [2.75, 3.05) is 6.54 Å². The third kappa shape index (κ3) is 25.3. The van der Waals surface area contributed by atoms with Crippen molar-refractivity contribution in [3.05, 3.63) is 0 Å². The van der Waals surface area contributed by atoms with Gasteiger partial charge in [0.1, 0.15) is 0 Å². The van der Waals surface area contributed by atoms with Crippen LogP contribution in [-0.4, -0.2) is 184 Å². The van der Waals surface area contributed by atoms with Crippen LogP contribution in [0, 0.1) is 0 Å². The molecule has 0 fully saturated rings. The van der Waals surface area contributed by atoms with Crippen LogP contribution >= 0.6 is 0 Å². The average Bonchev–Trinajstić information content (AvgIpc) is 1.59. The Morgan fingerprint density at radius 2 is 1.36 bits per heavy atom. The molecule has 0 heterocycles. The van der Waals surface area contributed by atoms with Gasteiger partial charge < -0.3 is 20.1 Å². The summed E-state index contributed by atoms with van der Waals surface area (Å²) in [4.78, 5) is 25.0. The molecule has 0 aromatic carbocycles. The number of rotatable bonds is 3. The summed E-state index contributed by atoms with van der Waals surface area (Å²) in [5.74, 6) is 0. The van der Waals surface area contributed by atoms with Crippen molar-refractivity contribution in [1.82, 2.24) is 0 Å². The van der Waals surface area contributed by atoms with E-state index in [1.54, 1.807) is 0 Å². The second-order valence-electron chi connectivity index (χ2n) is 1.67. The first-order chi connectivity index (χ1) is 3.56. The van der Waals surface area contributed by atoms with Crippen LogP contribution in [0.3, 0.4) is 0 Å². The molecular formula is C3H14K3NO3Si. The van der Waals surface area contributed by atoms with Gasteiger partial charge in [-0.05, 0) is 13.0 Å². The molecule has 56 valence electrons. The van der Waals surface area contributed by atoms with E-state index in [9.17, 15) is 0 Å². The van der Waals surface area contributed by atoms with E-state index < -0.39 is 8.80 Å². The van der Waals surface area contributed by atoms with Gasteiger partial charge in [-0.1, -0.05) is 0 Å². The Morgan fingerprint density at radius 1 is 1.00 bits per heavy atom. The standard InChI is InChI=1S/C3H11NO3Si.3K.3H/c4-2-1-3-8(5,6)7;;;;;;/h5-7H,1-4H2;;;;;;. The quantitative estimate of drug-likeness (QED) is 0.392. The van der Waals surface area contributed by atoms with E-state index >= 15 is 0 Å². The van der Waals surface area contributed by atoms with Crippen LogP contribution < -0.4 is 5.73 Å². The van der Waals surface area contributed by atoms with E-state index in [2.05, 4.69) is 0 Å². The van der Waals surface area contributed by atoms with Crippen molar-refractivity contribution >= 4 is 163 Å². The zero-order valence-corrected chi connectivity index (χ0v) is 5.54. The maximum atomic E-state index is 8.34. The molecule has 0 unspecified atom stereocenters. The summed E-state index contributed by atoms with van der Waals surface area (Å²) < 4.78 is 0. The summed E-state index contributed by atoms with van der Waals surface area (Å²) in [6, 6.07) is 0.0451. The molecule has 11 heavy (non-hydrogen) atoms. The monoisotopic (exact) mass is 257 g/mol. The van der Waals surface area contributed by atoms with Crippen molar-refractivity contribution < 1.29 is 14.4 Å². The van der Waals surface area contributed by atoms with Gasteiger partial charge in [0, 0.05) is 6.04 Å². The van der Waals surface area contributed by atoms with E-state index in [-0.39, 0.29) is 160 Å². The fourth-order valence-electron chi connectivity index (χ4n) is 0.339. The van der Waals surface area contributed by atoms with Crippen molar-refractivity contribution in [2.45, 2.75) is 12.5 Å². The van der Waals surface area contributed by atoms with Crippen LogP contribution in [0.15, 0.2) is 0 Å². The minimum atomic E-state index is -3.76. The topological polar surface area (TPSA) is 86.7 Å². The molecule has 0 radical (unpaired) electrons. The van der Waals surface area contributed by atoms with Gasteiger partial charge in [0.05, 0.1) is 0 Å². The fourth-order valence-corrected chi connectivity index (χ4v) is 1.02. The molecule has 0 amide bonds. The predicted molar refractivity (Wildman–Crippen MR) is 52.3 cm³/mol. The Hall–Kier alpha value is 4.97. The SMILES string of the molecule is NCCC[Si](O)(O)O.[KH].[KH].[KH]. The second kappa shape index (κ2) is 15.0. The Morgan fingerprint density at radius 3 is 1.45 bits per heavy atom. The molecule has 8 heteroatoms. The van der Waals surface area contributed by atoms with E-state index in [1.807, 2.05) is 0 Å². The van der Waals surface area contributed by atoms with Crippen LogP contribution in [-0.2, 0) is 0 Å². The van der Waals surface area contributed by atoms with Gasteiger partial charge in [0.2, 0.25) is 0 Å². The normalized spacial score (nSPS) is 8.73. The first kappa shape index (κ1) is 25.0. The molecular weight excluding hydrogens is 243 g/mol. The summed E-state index contributed by atoms with van der Waals surface area (Å²) in [6.07, 6.45) is 0.468. The fraction of sp³-hybridized carbons (Fsp3) is 1.00. The molecule has 0 saturated heterocycles. The molecule has 0 aliphatic heterocycles. The number of hydrogen-bond donors (Lipinski definition) is 4. The molecule has 0 spiro atoms. The molecule has 0 aliphatic carbocycles. The predicted octanol–water partition coefficient (Wildman–Crippen LogP) is -3.69. The molecule has 5 N–H and O–H groups in total. The first-order valence-electron chi connectivity index (χ1n) is 2.43. The van der Waals surface area contributed by atoms with Crippen molar-refractivity contribution in [3.63, 3.8) is 0 Å². The van der Waals surface area contributed by atoms with Gasteiger partial charge in [0.25, 0.3) is 0 Å². The van der Waals surface area contributed by atoms with E-state index in [0.717, 1.165) is 0 Å². The molecule has 4 nitrogen and oxygen atoms in total. The second-order valence-corrected chi connectivity index (χ2v) is 3.72. The van der Waals surface area contributed by atoms with Gasteiger partial charge in [-0.2, -0.15) is 0 Å². The van der Waals surface area contributed by atoms with Crippen LogP contribution in [0.1, 0.15) is 6.42 Å². The molecule has 0 aromatic heterocycles. The third-order valence-corrected chi connectivity index (χ3v) is 1.74. The van der Waals surface area contributed by atoms with E-state index in [1.165, 1.54) is 0 Å². The Balaban J connectivity index is -0.0000000817. The Labute approximate surface area is 196 Å². The zero-order valence-electron chi connectivity index (χ0n) is 4.54. The Kier molecular flexibility index (Phi) is 34.0. The molecule has 0 saturated carbocycles. The van der Waals surface area contributed by atoms with Gasteiger partial charge in [0.15, 0.2) is 0 Å². The summed E-state index contributed by atoms with van der Waals surface area (Å²) in [5.41, 5.74) is 5.02. The molecule has 0 aromatic rings. The minimum absolute atomic E-state index is 0. The molecule has 0 bridgehead atoms.